The first-order chi connectivity index (χ1) is 10.2. The van der Waals surface area contributed by atoms with Crippen LogP contribution in [0.25, 0.3) is 0 Å². The van der Waals surface area contributed by atoms with Crippen molar-refractivity contribution >= 4 is 40.7 Å². The fraction of sp³-hybridized carbons (Fsp3) is 0.118. The highest BCUT2D eigenvalue weighted by molar-refractivity contribution is 8.02. The average molecular weight is 334 g/mol. The molecule has 106 valence electrons. The fourth-order valence-corrected chi connectivity index (χ4v) is 3.61. The van der Waals surface area contributed by atoms with Gasteiger partial charge in [-0.25, -0.2) is 0 Å². The molecule has 2 aromatic carbocycles. The summed E-state index contributed by atoms with van der Waals surface area (Å²) in [5.74, 6) is 0. The standard InChI is InChI=1S/C17H13Cl2NS/c1-2-12-10-21-16-6-4-3-5-14(16)17(20-12)13-8-7-11(18)9-15(13)19/h3-10H,2H2,1H3. The van der Waals surface area contributed by atoms with Crippen molar-refractivity contribution in [2.24, 2.45) is 4.99 Å². The normalized spacial score (nSPS) is 14.0. The third kappa shape index (κ3) is 3.03. The lowest BCUT2D eigenvalue weighted by Crippen LogP contribution is -2.05. The molecule has 1 aliphatic heterocycles. The summed E-state index contributed by atoms with van der Waals surface area (Å²) in [6.07, 6.45) is 0.885. The lowest BCUT2D eigenvalue weighted by atomic mass is 10.0. The molecule has 0 fully saturated rings. The summed E-state index contributed by atoms with van der Waals surface area (Å²) in [7, 11) is 0. The van der Waals surface area contributed by atoms with Crippen molar-refractivity contribution < 1.29 is 0 Å². The molecule has 0 unspecified atom stereocenters. The van der Waals surface area contributed by atoms with E-state index in [0.29, 0.717) is 10.0 Å². The number of nitrogens with zero attached hydrogens (tertiary/aromatic N) is 1. The maximum Gasteiger partial charge on any atom is 0.0804 e. The van der Waals surface area contributed by atoms with Gasteiger partial charge in [0.1, 0.15) is 0 Å². The van der Waals surface area contributed by atoms with Crippen molar-refractivity contribution in [3.05, 3.63) is 74.7 Å². The topological polar surface area (TPSA) is 12.4 Å². The molecular weight excluding hydrogens is 321 g/mol. The molecule has 21 heavy (non-hydrogen) atoms. The van der Waals surface area contributed by atoms with Gasteiger partial charge in [-0.15, -0.1) is 0 Å². The molecule has 0 aromatic heterocycles. The summed E-state index contributed by atoms with van der Waals surface area (Å²) in [5, 5.41) is 3.36. The summed E-state index contributed by atoms with van der Waals surface area (Å²) < 4.78 is 0. The van der Waals surface area contributed by atoms with Gasteiger partial charge in [-0.05, 0) is 36.1 Å². The van der Waals surface area contributed by atoms with Crippen LogP contribution in [0.2, 0.25) is 10.0 Å². The van der Waals surface area contributed by atoms with Crippen molar-refractivity contribution in [1.82, 2.24) is 0 Å². The molecule has 0 atom stereocenters. The quantitative estimate of drug-likeness (QED) is 0.638. The average Bonchev–Trinajstić information content (AvgIpc) is 2.67. The summed E-state index contributed by atoms with van der Waals surface area (Å²) in [6, 6.07) is 13.8. The smallest absolute Gasteiger partial charge is 0.0804 e. The largest absolute Gasteiger partial charge is 0.252 e. The van der Waals surface area contributed by atoms with E-state index in [0.717, 1.165) is 29.0 Å². The molecule has 2 aromatic rings. The highest BCUT2D eigenvalue weighted by Gasteiger charge is 2.17. The van der Waals surface area contributed by atoms with E-state index in [2.05, 4.69) is 24.5 Å². The van der Waals surface area contributed by atoms with Gasteiger partial charge in [-0.1, -0.05) is 60.1 Å². The van der Waals surface area contributed by atoms with Gasteiger partial charge in [-0.3, -0.25) is 4.99 Å². The minimum Gasteiger partial charge on any atom is -0.252 e. The monoisotopic (exact) mass is 333 g/mol. The Morgan fingerprint density at radius 2 is 1.86 bits per heavy atom. The number of hydrogen-bond acceptors (Lipinski definition) is 2. The van der Waals surface area contributed by atoms with Crippen LogP contribution >= 0.6 is 35.0 Å². The van der Waals surface area contributed by atoms with Crippen molar-refractivity contribution in [2.75, 3.05) is 0 Å². The summed E-state index contributed by atoms with van der Waals surface area (Å²) in [6.45, 7) is 2.10. The molecule has 0 aliphatic carbocycles. The Kier molecular flexibility index (Phi) is 4.39. The van der Waals surface area contributed by atoms with Gasteiger partial charge in [0, 0.05) is 26.7 Å². The fourth-order valence-electron chi connectivity index (χ4n) is 2.18. The molecule has 0 spiro atoms. The van der Waals surface area contributed by atoms with E-state index in [1.165, 1.54) is 4.90 Å². The highest BCUT2D eigenvalue weighted by atomic mass is 35.5. The molecular formula is C17H13Cl2NS. The van der Waals surface area contributed by atoms with Crippen molar-refractivity contribution in [3.8, 4) is 0 Å². The number of benzene rings is 2. The SMILES string of the molecule is CCC1=CSc2ccccc2C(c2ccc(Cl)cc2Cl)=N1. The maximum atomic E-state index is 6.38. The van der Waals surface area contributed by atoms with Crippen LogP contribution in [0, 0.1) is 0 Å². The number of aliphatic imine (C=N–C) groups is 1. The lowest BCUT2D eigenvalue weighted by Gasteiger charge is -2.11. The van der Waals surface area contributed by atoms with Crippen molar-refractivity contribution in [1.29, 1.82) is 0 Å². The second-order valence-corrected chi connectivity index (χ2v) is 6.42. The van der Waals surface area contributed by atoms with Crippen LogP contribution < -0.4 is 0 Å². The van der Waals surface area contributed by atoms with E-state index >= 15 is 0 Å². The van der Waals surface area contributed by atoms with Gasteiger partial charge in [0.25, 0.3) is 0 Å². The van der Waals surface area contributed by atoms with Crippen molar-refractivity contribution in [2.45, 2.75) is 18.2 Å². The molecule has 0 N–H and O–H groups in total. The molecule has 3 rings (SSSR count). The van der Waals surface area contributed by atoms with E-state index in [1.54, 1.807) is 17.8 Å². The van der Waals surface area contributed by atoms with Crippen LogP contribution in [-0.4, -0.2) is 5.71 Å². The van der Waals surface area contributed by atoms with Crippen LogP contribution in [0.4, 0.5) is 0 Å². The number of fused-ring (bicyclic) bond motifs is 1. The molecule has 0 saturated heterocycles. The molecule has 0 bridgehead atoms. The molecule has 1 aliphatic rings. The number of hydrogen-bond donors (Lipinski definition) is 0. The van der Waals surface area contributed by atoms with E-state index in [-0.39, 0.29) is 0 Å². The van der Waals surface area contributed by atoms with E-state index in [1.807, 2.05) is 24.3 Å². The molecule has 0 amide bonds. The predicted molar refractivity (Wildman–Crippen MR) is 92.8 cm³/mol. The first kappa shape index (κ1) is 14.7. The molecule has 1 heterocycles. The Morgan fingerprint density at radius 1 is 1.05 bits per heavy atom. The lowest BCUT2D eigenvalue weighted by molar-refractivity contribution is 1.07. The Bertz CT molecular complexity index is 750. The van der Waals surface area contributed by atoms with Crippen LogP contribution in [0.3, 0.4) is 0 Å². The Hall–Kier alpha value is -1.22. The zero-order valence-corrected chi connectivity index (χ0v) is 13.8. The van der Waals surface area contributed by atoms with Crippen LogP contribution in [0.1, 0.15) is 24.5 Å². The number of halogens is 2. The number of rotatable bonds is 2. The Labute approximate surface area is 138 Å². The van der Waals surface area contributed by atoms with Crippen molar-refractivity contribution in [3.63, 3.8) is 0 Å². The van der Waals surface area contributed by atoms with Gasteiger partial charge in [0.2, 0.25) is 0 Å². The van der Waals surface area contributed by atoms with Gasteiger partial charge in [-0.2, -0.15) is 0 Å². The third-order valence-electron chi connectivity index (χ3n) is 3.27. The Balaban J connectivity index is 2.22. The van der Waals surface area contributed by atoms with Gasteiger partial charge in [0.15, 0.2) is 0 Å². The zero-order chi connectivity index (χ0) is 14.8. The third-order valence-corrected chi connectivity index (χ3v) is 4.82. The second-order valence-electron chi connectivity index (χ2n) is 4.66. The number of allylic oxidation sites excluding steroid dienone is 1. The minimum absolute atomic E-state index is 0.624. The number of thioether (sulfide) groups is 1. The molecule has 1 nitrogen and oxygen atoms in total. The summed E-state index contributed by atoms with van der Waals surface area (Å²) in [4.78, 5) is 6.01. The van der Waals surface area contributed by atoms with Gasteiger partial charge < -0.3 is 0 Å². The highest BCUT2D eigenvalue weighted by Crippen LogP contribution is 2.33. The van der Waals surface area contributed by atoms with Gasteiger partial charge in [0.05, 0.1) is 10.7 Å². The zero-order valence-electron chi connectivity index (χ0n) is 11.4. The van der Waals surface area contributed by atoms with Gasteiger partial charge >= 0.3 is 0 Å². The Morgan fingerprint density at radius 3 is 2.62 bits per heavy atom. The molecule has 4 heteroatoms. The van der Waals surface area contributed by atoms with Crippen LogP contribution in [0.5, 0.6) is 0 Å². The summed E-state index contributed by atoms with van der Waals surface area (Å²) in [5.41, 5.74) is 3.98. The maximum absolute atomic E-state index is 6.38. The van der Waals surface area contributed by atoms with E-state index in [9.17, 15) is 0 Å². The molecule has 0 radical (unpaired) electrons. The van der Waals surface area contributed by atoms with E-state index < -0.39 is 0 Å². The predicted octanol–water partition coefficient (Wildman–Crippen LogP) is 6.19. The molecule has 0 saturated carbocycles. The van der Waals surface area contributed by atoms with E-state index in [4.69, 9.17) is 28.2 Å². The minimum atomic E-state index is 0.624. The first-order valence-electron chi connectivity index (χ1n) is 6.68. The van der Waals surface area contributed by atoms with Crippen LogP contribution in [0.15, 0.2) is 63.5 Å². The summed E-state index contributed by atoms with van der Waals surface area (Å²) >= 11 is 14.1. The first-order valence-corrected chi connectivity index (χ1v) is 8.32. The van der Waals surface area contributed by atoms with Crippen LogP contribution in [-0.2, 0) is 0 Å². The second kappa shape index (κ2) is 6.27.